The van der Waals surface area contributed by atoms with Crippen LogP contribution in [0.15, 0.2) is 67.1 Å². The van der Waals surface area contributed by atoms with Crippen LogP contribution in [0.2, 0.25) is 0 Å². The Morgan fingerprint density at radius 3 is 2.58 bits per heavy atom. The zero-order chi connectivity index (χ0) is 28.0. The average Bonchev–Trinajstić information content (AvgIpc) is 3.57. The number of alkyl halides is 3. The number of hydrogen-bond acceptors (Lipinski definition) is 6. The maximum atomic E-state index is 13.6. The van der Waals surface area contributed by atoms with Crippen LogP contribution in [-0.2, 0) is 11.0 Å². The molecule has 0 aliphatic heterocycles. The first-order valence-corrected chi connectivity index (χ1v) is 13.2. The summed E-state index contributed by atoms with van der Waals surface area (Å²) in [7, 11) is 0. The van der Waals surface area contributed by atoms with Crippen LogP contribution in [0.4, 0.5) is 24.0 Å². The van der Waals surface area contributed by atoms with E-state index < -0.39 is 17.6 Å². The first-order valence-electron chi connectivity index (χ1n) is 12.4. The Morgan fingerprint density at radius 2 is 1.85 bits per heavy atom. The highest BCUT2D eigenvalue weighted by molar-refractivity contribution is 7.22. The van der Waals surface area contributed by atoms with Gasteiger partial charge in [-0.3, -0.25) is 9.59 Å². The van der Waals surface area contributed by atoms with Gasteiger partial charge in [0.25, 0.3) is 5.91 Å². The van der Waals surface area contributed by atoms with E-state index in [2.05, 4.69) is 25.6 Å². The Balaban J connectivity index is 1.25. The molecule has 0 radical (unpaired) electrons. The molecular weight excluding hydrogens is 541 g/mol. The number of carbonyl (C=O) groups excluding carboxylic acids is 2. The molecule has 3 aromatic heterocycles. The van der Waals surface area contributed by atoms with Crippen molar-refractivity contribution in [3.63, 3.8) is 0 Å². The molecule has 1 fully saturated rings. The van der Waals surface area contributed by atoms with Crippen molar-refractivity contribution in [2.45, 2.75) is 25.9 Å². The van der Waals surface area contributed by atoms with Crippen LogP contribution in [0.1, 0.15) is 34.5 Å². The van der Waals surface area contributed by atoms with Crippen molar-refractivity contribution < 1.29 is 22.8 Å². The number of halogens is 3. The van der Waals surface area contributed by atoms with Crippen LogP contribution in [0.25, 0.3) is 27.3 Å². The third kappa shape index (κ3) is 5.43. The monoisotopic (exact) mass is 562 g/mol. The zero-order valence-electron chi connectivity index (χ0n) is 21.0. The van der Waals surface area contributed by atoms with Crippen molar-refractivity contribution in [3.8, 4) is 16.9 Å². The maximum absolute atomic E-state index is 13.6. The summed E-state index contributed by atoms with van der Waals surface area (Å²) in [6.45, 7) is 1.73. The third-order valence-corrected chi connectivity index (χ3v) is 7.25. The number of anilines is 2. The Morgan fingerprint density at radius 1 is 1.02 bits per heavy atom. The number of pyridine rings is 1. The second-order valence-corrected chi connectivity index (χ2v) is 10.5. The van der Waals surface area contributed by atoms with E-state index in [9.17, 15) is 22.8 Å². The van der Waals surface area contributed by atoms with E-state index in [1.807, 2.05) is 0 Å². The number of fused-ring (bicyclic) bond motifs is 1. The molecule has 3 heterocycles. The van der Waals surface area contributed by atoms with Gasteiger partial charge in [-0.1, -0.05) is 23.5 Å². The fourth-order valence-electron chi connectivity index (χ4n) is 4.17. The van der Waals surface area contributed by atoms with Crippen molar-refractivity contribution >= 4 is 44.3 Å². The predicted octanol–water partition coefficient (Wildman–Crippen LogP) is 6.47. The van der Waals surface area contributed by atoms with Crippen molar-refractivity contribution in [2.75, 3.05) is 10.6 Å². The van der Waals surface area contributed by atoms with Gasteiger partial charge < -0.3 is 15.2 Å². The standard InChI is InChI=1S/C28H21F3N6O2S/c1-15-13-37(14-32-15)21-11-19(28(29,30)31)10-20(12-21)33-25(39)18-4-2-3-17(9-18)22-7-8-23-26(34-22)40-27(35-23)36-24(38)16-5-6-16/h2-4,7-14,16H,5-6H2,1H3,(H,33,39)(H,35,36,38). The number of amides is 2. The molecule has 2 amide bonds. The average molecular weight is 563 g/mol. The highest BCUT2D eigenvalue weighted by Gasteiger charge is 2.32. The van der Waals surface area contributed by atoms with Crippen LogP contribution < -0.4 is 10.6 Å². The number of benzene rings is 2. The predicted molar refractivity (Wildman–Crippen MR) is 145 cm³/mol. The molecule has 0 spiro atoms. The first-order chi connectivity index (χ1) is 19.1. The summed E-state index contributed by atoms with van der Waals surface area (Å²) < 4.78 is 42.3. The van der Waals surface area contributed by atoms with Gasteiger partial charge in [-0.2, -0.15) is 13.2 Å². The van der Waals surface area contributed by atoms with E-state index in [0.29, 0.717) is 32.4 Å². The maximum Gasteiger partial charge on any atom is 0.416 e. The third-order valence-electron chi connectivity index (χ3n) is 6.37. The lowest BCUT2D eigenvalue weighted by molar-refractivity contribution is -0.137. The van der Waals surface area contributed by atoms with Crippen molar-refractivity contribution in [2.24, 2.45) is 5.92 Å². The highest BCUT2D eigenvalue weighted by atomic mass is 32.1. The van der Waals surface area contributed by atoms with Gasteiger partial charge in [0, 0.05) is 34.6 Å². The Hall–Kier alpha value is -4.58. The Bertz CT molecular complexity index is 1770. The van der Waals surface area contributed by atoms with Gasteiger partial charge in [-0.05, 0) is 62.2 Å². The number of imidazole rings is 1. The molecule has 2 N–H and O–H groups in total. The van der Waals surface area contributed by atoms with Crippen molar-refractivity contribution in [1.82, 2.24) is 19.5 Å². The van der Waals surface area contributed by atoms with Gasteiger partial charge in [0.15, 0.2) is 5.13 Å². The zero-order valence-corrected chi connectivity index (χ0v) is 21.8. The summed E-state index contributed by atoms with van der Waals surface area (Å²) in [6.07, 6.45) is 0.190. The van der Waals surface area contributed by atoms with E-state index in [1.165, 1.54) is 28.3 Å². The number of aryl methyl sites for hydroxylation is 1. The SMILES string of the molecule is Cc1cn(-c2cc(NC(=O)c3cccc(-c4ccc5nc(NC(=O)C6CC6)sc5n4)c3)cc(C(F)(F)F)c2)cn1. The largest absolute Gasteiger partial charge is 0.416 e. The molecule has 202 valence electrons. The molecule has 0 unspecified atom stereocenters. The molecule has 12 heteroatoms. The fourth-order valence-corrected chi connectivity index (χ4v) is 5.01. The minimum absolute atomic E-state index is 0.00319. The molecule has 1 aliphatic carbocycles. The van der Waals surface area contributed by atoms with Crippen LogP contribution in [0.5, 0.6) is 0 Å². The Kier molecular flexibility index (Phi) is 6.34. The van der Waals surface area contributed by atoms with E-state index in [1.54, 1.807) is 49.5 Å². The summed E-state index contributed by atoms with van der Waals surface area (Å²) in [4.78, 5) is 38.9. The first kappa shape index (κ1) is 25.7. The normalized spacial score (nSPS) is 13.4. The summed E-state index contributed by atoms with van der Waals surface area (Å²) in [6, 6.07) is 13.6. The van der Waals surface area contributed by atoms with Crippen LogP contribution in [-0.4, -0.2) is 31.3 Å². The van der Waals surface area contributed by atoms with E-state index >= 15 is 0 Å². The molecule has 40 heavy (non-hydrogen) atoms. The van der Waals surface area contributed by atoms with Gasteiger partial charge in [-0.25, -0.2) is 15.0 Å². The van der Waals surface area contributed by atoms with Crippen molar-refractivity contribution in [1.29, 1.82) is 0 Å². The fraction of sp³-hybridized carbons (Fsp3) is 0.179. The summed E-state index contributed by atoms with van der Waals surface area (Å²) in [5.41, 5.74) is 2.08. The minimum Gasteiger partial charge on any atom is -0.322 e. The number of thiazole rings is 1. The smallest absolute Gasteiger partial charge is 0.322 e. The topological polar surface area (TPSA) is 102 Å². The number of carbonyl (C=O) groups is 2. The molecule has 0 bridgehead atoms. The molecule has 0 saturated heterocycles. The molecule has 6 rings (SSSR count). The van der Waals surface area contributed by atoms with Crippen LogP contribution in [0, 0.1) is 12.8 Å². The number of aromatic nitrogens is 4. The number of nitrogens with one attached hydrogen (secondary N) is 2. The van der Waals surface area contributed by atoms with Crippen molar-refractivity contribution in [3.05, 3.63) is 83.9 Å². The molecule has 5 aromatic rings. The molecular formula is C28H21F3N6O2S. The number of rotatable bonds is 6. The second-order valence-electron chi connectivity index (χ2n) is 9.53. The van der Waals surface area contributed by atoms with Gasteiger partial charge in [0.1, 0.15) is 10.3 Å². The summed E-state index contributed by atoms with van der Waals surface area (Å²) in [5, 5.41) is 5.90. The lowest BCUT2D eigenvalue weighted by Crippen LogP contribution is -2.14. The van der Waals surface area contributed by atoms with Crippen LogP contribution in [0.3, 0.4) is 0 Å². The molecule has 8 nitrogen and oxygen atoms in total. The molecule has 2 aromatic carbocycles. The van der Waals surface area contributed by atoms with Gasteiger partial charge >= 0.3 is 6.18 Å². The van der Waals surface area contributed by atoms with E-state index in [4.69, 9.17) is 0 Å². The lowest BCUT2D eigenvalue weighted by Gasteiger charge is -2.14. The summed E-state index contributed by atoms with van der Waals surface area (Å²) >= 11 is 1.26. The summed E-state index contributed by atoms with van der Waals surface area (Å²) in [5.74, 6) is -0.550. The molecule has 1 aliphatic rings. The lowest BCUT2D eigenvalue weighted by atomic mass is 10.1. The Labute approximate surface area is 229 Å². The van der Waals surface area contributed by atoms with Crippen LogP contribution >= 0.6 is 11.3 Å². The van der Waals surface area contributed by atoms with E-state index in [-0.39, 0.29) is 28.8 Å². The van der Waals surface area contributed by atoms with E-state index in [0.717, 1.165) is 25.0 Å². The highest BCUT2D eigenvalue weighted by Crippen LogP contribution is 2.34. The quantitative estimate of drug-likeness (QED) is 0.247. The van der Waals surface area contributed by atoms with Gasteiger partial charge in [0.05, 0.1) is 23.3 Å². The van der Waals surface area contributed by atoms with Gasteiger partial charge in [0.2, 0.25) is 5.91 Å². The number of hydrogen-bond donors (Lipinski definition) is 2. The molecule has 0 atom stereocenters. The second kappa shape index (κ2) is 9.87. The minimum atomic E-state index is -4.60. The molecule has 1 saturated carbocycles. The number of nitrogens with zero attached hydrogens (tertiary/aromatic N) is 4. The van der Waals surface area contributed by atoms with Gasteiger partial charge in [-0.15, -0.1) is 0 Å².